The number of nitrogens with zero attached hydrogens (tertiary/aromatic N) is 3. The number of amides is 1. The van der Waals surface area contributed by atoms with Gasteiger partial charge in [0.2, 0.25) is 5.91 Å². The molecule has 2 aliphatic rings. The molecule has 4 rings (SSSR count). The van der Waals surface area contributed by atoms with Crippen molar-refractivity contribution in [1.82, 2.24) is 14.4 Å². The number of carbonyl (C=O) groups is 1. The van der Waals surface area contributed by atoms with Crippen molar-refractivity contribution in [3.63, 3.8) is 0 Å². The maximum absolute atomic E-state index is 12.9. The van der Waals surface area contributed by atoms with E-state index in [1.807, 2.05) is 24.8 Å². The minimum atomic E-state index is -0.0802. The highest BCUT2D eigenvalue weighted by Gasteiger charge is 2.36. The number of fused-ring (bicyclic) bond motifs is 2. The van der Waals surface area contributed by atoms with Crippen molar-refractivity contribution in [2.75, 3.05) is 26.7 Å². The molecular formula is C20H24ClN3O. The van der Waals surface area contributed by atoms with Gasteiger partial charge in [0, 0.05) is 48.3 Å². The van der Waals surface area contributed by atoms with Crippen LogP contribution in [-0.4, -0.2) is 53.0 Å². The summed E-state index contributed by atoms with van der Waals surface area (Å²) in [6.07, 6.45) is 4.34. The van der Waals surface area contributed by atoms with Crippen molar-refractivity contribution >= 4 is 34.0 Å². The van der Waals surface area contributed by atoms with Crippen LogP contribution in [0.3, 0.4) is 0 Å². The predicted molar refractivity (Wildman–Crippen MR) is 103 cm³/mol. The Balaban J connectivity index is 1.82. The Bertz CT molecular complexity index is 865. The fourth-order valence-electron chi connectivity index (χ4n) is 4.34. The van der Waals surface area contributed by atoms with Crippen LogP contribution < -0.4 is 0 Å². The number of halogens is 1. The molecule has 1 aromatic carbocycles. The van der Waals surface area contributed by atoms with E-state index in [4.69, 9.17) is 11.6 Å². The van der Waals surface area contributed by atoms with Crippen LogP contribution in [-0.2, 0) is 11.3 Å². The molecule has 3 heterocycles. The summed E-state index contributed by atoms with van der Waals surface area (Å²) in [5, 5.41) is 1.88. The largest absolute Gasteiger partial charge is 0.345 e. The first-order valence-corrected chi connectivity index (χ1v) is 9.41. The zero-order valence-corrected chi connectivity index (χ0v) is 15.8. The first-order valence-electron chi connectivity index (χ1n) is 9.03. The first-order chi connectivity index (χ1) is 12.0. The fourth-order valence-corrected chi connectivity index (χ4v) is 4.56. The Morgan fingerprint density at radius 1 is 1.24 bits per heavy atom. The molecule has 0 aliphatic carbocycles. The third-order valence-electron chi connectivity index (χ3n) is 5.70. The van der Waals surface area contributed by atoms with E-state index in [-0.39, 0.29) is 11.8 Å². The van der Waals surface area contributed by atoms with Crippen molar-refractivity contribution in [3.8, 4) is 0 Å². The smallest absolute Gasteiger partial charge is 0.230 e. The van der Waals surface area contributed by atoms with Gasteiger partial charge in [0.15, 0.2) is 0 Å². The van der Waals surface area contributed by atoms with Gasteiger partial charge in [-0.25, -0.2) is 0 Å². The van der Waals surface area contributed by atoms with E-state index >= 15 is 0 Å². The van der Waals surface area contributed by atoms with E-state index in [2.05, 4.69) is 40.9 Å². The van der Waals surface area contributed by atoms with Gasteiger partial charge in [0.1, 0.15) is 0 Å². The van der Waals surface area contributed by atoms with Crippen LogP contribution in [0.15, 0.2) is 30.5 Å². The van der Waals surface area contributed by atoms with Gasteiger partial charge in [0.05, 0.1) is 17.5 Å². The Kier molecular flexibility index (Phi) is 4.13. The van der Waals surface area contributed by atoms with Gasteiger partial charge in [-0.2, -0.15) is 0 Å². The lowest BCUT2D eigenvalue weighted by Gasteiger charge is -2.41. The average molecular weight is 358 g/mol. The van der Waals surface area contributed by atoms with E-state index in [0.29, 0.717) is 6.04 Å². The predicted octanol–water partition coefficient (Wildman–Crippen LogP) is 3.49. The van der Waals surface area contributed by atoms with Crippen molar-refractivity contribution in [3.05, 3.63) is 41.1 Å². The van der Waals surface area contributed by atoms with Crippen LogP contribution in [0.1, 0.15) is 19.4 Å². The second-order valence-corrected chi connectivity index (χ2v) is 7.43. The molecule has 0 radical (unpaired) electrons. The van der Waals surface area contributed by atoms with Crippen LogP contribution in [0.2, 0.25) is 5.02 Å². The quantitative estimate of drug-likeness (QED) is 0.841. The van der Waals surface area contributed by atoms with Gasteiger partial charge in [-0.15, -0.1) is 0 Å². The number of carbonyl (C=O) groups excluding carboxylic acids is 1. The molecule has 0 fully saturated rings. The molecule has 0 unspecified atom stereocenters. The highest BCUT2D eigenvalue weighted by Crippen LogP contribution is 2.40. The Morgan fingerprint density at radius 3 is 2.72 bits per heavy atom. The number of hydrogen-bond acceptors (Lipinski definition) is 2. The minimum absolute atomic E-state index is 0.0802. The number of aromatic nitrogens is 1. The molecule has 4 nitrogen and oxygen atoms in total. The summed E-state index contributed by atoms with van der Waals surface area (Å²) in [6.45, 7) is 7.29. The van der Waals surface area contributed by atoms with E-state index < -0.39 is 0 Å². The van der Waals surface area contributed by atoms with Crippen LogP contribution in [0.5, 0.6) is 0 Å². The van der Waals surface area contributed by atoms with Crippen molar-refractivity contribution in [2.45, 2.75) is 26.4 Å². The lowest BCUT2D eigenvalue weighted by atomic mass is 9.85. The molecule has 0 bridgehead atoms. The highest BCUT2D eigenvalue weighted by atomic mass is 35.5. The van der Waals surface area contributed by atoms with Gasteiger partial charge >= 0.3 is 0 Å². The Hall–Kier alpha value is -1.78. The summed E-state index contributed by atoms with van der Waals surface area (Å²) < 4.78 is 2.29. The summed E-state index contributed by atoms with van der Waals surface area (Å²) in [5.41, 5.74) is 3.68. The molecule has 132 valence electrons. The summed E-state index contributed by atoms with van der Waals surface area (Å²) in [7, 11) is 2.13. The Morgan fingerprint density at radius 2 is 2.00 bits per heavy atom. The summed E-state index contributed by atoms with van der Waals surface area (Å²) in [6, 6.07) is 6.49. The molecular weight excluding hydrogens is 334 g/mol. The molecule has 1 aromatic heterocycles. The molecule has 1 amide bonds. The van der Waals surface area contributed by atoms with Crippen LogP contribution in [0.25, 0.3) is 16.5 Å². The number of rotatable bonds is 3. The summed E-state index contributed by atoms with van der Waals surface area (Å²) in [5.74, 6) is 0.150. The zero-order valence-electron chi connectivity index (χ0n) is 15.0. The standard InChI is InChI=1S/C20H24ClN3O/c1-4-23(5-2)20(25)13-10-16-14-6-7-17(21)15-8-9-24(19(14)15)12-18(16)22(3)11-13/h6-10,13,18H,4-5,11-12H2,1-3H3/t13-,18-/m0/s1. The fraction of sp³-hybridized carbons (Fsp3) is 0.450. The maximum Gasteiger partial charge on any atom is 0.230 e. The van der Waals surface area contributed by atoms with Gasteiger partial charge in [-0.1, -0.05) is 23.7 Å². The number of benzene rings is 1. The van der Waals surface area contributed by atoms with Crippen LogP contribution >= 0.6 is 11.6 Å². The average Bonchev–Trinajstić information content (AvgIpc) is 3.04. The second-order valence-electron chi connectivity index (χ2n) is 7.02. The van der Waals surface area contributed by atoms with E-state index in [1.165, 1.54) is 16.7 Å². The van der Waals surface area contributed by atoms with Crippen LogP contribution in [0.4, 0.5) is 0 Å². The highest BCUT2D eigenvalue weighted by molar-refractivity contribution is 6.35. The Labute approximate surface area is 153 Å². The van der Waals surface area contributed by atoms with E-state index in [0.717, 1.165) is 36.6 Å². The SMILES string of the molecule is CCN(CC)C(=O)[C@H]1C=C2c3ccc(Cl)c4ccn(c34)C[C@@H]2N(C)C1. The summed E-state index contributed by atoms with van der Waals surface area (Å²) >= 11 is 6.38. The minimum Gasteiger partial charge on any atom is -0.345 e. The third-order valence-corrected chi connectivity index (χ3v) is 6.03. The monoisotopic (exact) mass is 357 g/mol. The van der Waals surface area contributed by atoms with Gasteiger partial charge in [-0.3, -0.25) is 9.69 Å². The second kappa shape index (κ2) is 6.19. The van der Waals surface area contributed by atoms with Gasteiger partial charge in [-0.05, 0) is 38.6 Å². The number of hydrogen-bond donors (Lipinski definition) is 0. The van der Waals surface area contributed by atoms with E-state index in [1.54, 1.807) is 0 Å². The molecule has 2 atom stereocenters. The molecule has 0 spiro atoms. The summed E-state index contributed by atoms with van der Waals surface area (Å²) in [4.78, 5) is 17.2. The number of likely N-dealkylation sites (N-methyl/N-ethyl adjacent to an activating group) is 1. The molecule has 2 aliphatic heterocycles. The molecule has 0 N–H and O–H groups in total. The zero-order chi connectivity index (χ0) is 17.7. The van der Waals surface area contributed by atoms with Crippen molar-refractivity contribution in [2.24, 2.45) is 5.92 Å². The van der Waals surface area contributed by atoms with E-state index in [9.17, 15) is 4.79 Å². The molecule has 2 aromatic rings. The van der Waals surface area contributed by atoms with Crippen molar-refractivity contribution < 1.29 is 4.79 Å². The van der Waals surface area contributed by atoms with Crippen molar-refractivity contribution in [1.29, 1.82) is 0 Å². The van der Waals surface area contributed by atoms with Crippen LogP contribution in [0, 0.1) is 5.92 Å². The topological polar surface area (TPSA) is 28.5 Å². The lowest BCUT2D eigenvalue weighted by molar-refractivity contribution is -0.134. The lowest BCUT2D eigenvalue weighted by Crippen LogP contribution is -2.48. The molecule has 0 saturated heterocycles. The molecule has 5 heteroatoms. The van der Waals surface area contributed by atoms with Gasteiger partial charge in [0.25, 0.3) is 0 Å². The first kappa shape index (κ1) is 16.7. The van der Waals surface area contributed by atoms with Gasteiger partial charge < -0.3 is 9.47 Å². The third kappa shape index (κ3) is 2.51. The molecule has 0 saturated carbocycles. The maximum atomic E-state index is 12.9. The molecule has 25 heavy (non-hydrogen) atoms. The normalized spacial score (nSPS) is 22.6.